The molecule has 0 aromatic heterocycles. The number of carbonyl (C=O) groups excluding carboxylic acids is 1. The Bertz CT molecular complexity index is 1100. The first kappa shape index (κ1) is 24.2. The van der Waals surface area contributed by atoms with Crippen molar-refractivity contribution in [3.05, 3.63) is 65.0 Å². The van der Waals surface area contributed by atoms with Gasteiger partial charge in [-0.05, 0) is 47.4 Å². The number of hydrogen-bond donors (Lipinski definition) is 0. The zero-order valence-electron chi connectivity index (χ0n) is 17.9. The highest BCUT2D eigenvalue weighted by Crippen LogP contribution is 2.40. The van der Waals surface area contributed by atoms with E-state index in [0.29, 0.717) is 18.5 Å². The summed E-state index contributed by atoms with van der Waals surface area (Å²) in [5, 5.41) is 0. The molecule has 32 heavy (non-hydrogen) atoms. The second-order valence-corrected chi connectivity index (χ2v) is 10.1. The molecular formula is C22H24F4N2O3S. The minimum absolute atomic E-state index is 0.0746. The van der Waals surface area contributed by atoms with Crippen molar-refractivity contribution in [2.45, 2.75) is 43.9 Å². The second-order valence-electron chi connectivity index (χ2n) is 8.11. The van der Waals surface area contributed by atoms with Gasteiger partial charge in [-0.3, -0.25) is 4.79 Å². The second kappa shape index (κ2) is 8.82. The van der Waals surface area contributed by atoms with Gasteiger partial charge in [0.05, 0.1) is 4.90 Å². The van der Waals surface area contributed by atoms with Crippen LogP contribution in [0, 0.1) is 11.7 Å². The van der Waals surface area contributed by atoms with Crippen LogP contribution in [-0.4, -0.2) is 43.3 Å². The van der Waals surface area contributed by atoms with Gasteiger partial charge >= 0.3 is 6.18 Å². The Balaban J connectivity index is 1.97. The highest BCUT2D eigenvalue weighted by molar-refractivity contribution is 7.89. The molecule has 1 heterocycles. The first-order valence-electron chi connectivity index (χ1n) is 10.0. The van der Waals surface area contributed by atoms with Gasteiger partial charge in [-0.2, -0.15) is 17.5 Å². The number of rotatable bonds is 5. The van der Waals surface area contributed by atoms with Crippen molar-refractivity contribution >= 4 is 15.9 Å². The summed E-state index contributed by atoms with van der Waals surface area (Å²) in [6.45, 7) is 4.22. The predicted molar refractivity (Wildman–Crippen MR) is 111 cm³/mol. The number of carbonyl (C=O) groups is 1. The standard InChI is InChI=1S/C22H24F4N2O3S/c1-14(2)21(29)28-11-10-15-6-9-19(12-17(15)13-28)32(30,31)27(3)20(22(24,25)26)16-4-7-18(23)8-5-16/h4-9,12,14,20H,10-11,13H2,1-3H3/t20-/m1/s1. The molecule has 0 fully saturated rings. The molecule has 1 amide bonds. The lowest BCUT2D eigenvalue weighted by Crippen LogP contribution is -2.40. The summed E-state index contributed by atoms with van der Waals surface area (Å²) in [5.41, 5.74) is 1.05. The molecule has 5 nitrogen and oxygen atoms in total. The predicted octanol–water partition coefficient (Wildman–Crippen LogP) is 4.29. The molecule has 0 saturated heterocycles. The quantitative estimate of drug-likeness (QED) is 0.610. The van der Waals surface area contributed by atoms with Crippen LogP contribution < -0.4 is 0 Å². The summed E-state index contributed by atoms with van der Waals surface area (Å²) >= 11 is 0. The summed E-state index contributed by atoms with van der Waals surface area (Å²) in [4.78, 5) is 13.6. The first-order chi connectivity index (χ1) is 14.8. The molecule has 0 unspecified atom stereocenters. The maximum Gasteiger partial charge on any atom is 0.409 e. The Morgan fingerprint density at radius 2 is 1.69 bits per heavy atom. The molecule has 1 aliphatic heterocycles. The summed E-state index contributed by atoms with van der Waals surface area (Å²) < 4.78 is 81.3. The normalized spacial score (nSPS) is 15.7. The van der Waals surface area contributed by atoms with Crippen molar-refractivity contribution in [1.82, 2.24) is 9.21 Å². The maximum absolute atomic E-state index is 13.8. The number of alkyl halides is 3. The highest BCUT2D eigenvalue weighted by Gasteiger charge is 2.47. The molecule has 3 rings (SSSR count). The number of sulfonamides is 1. The van der Waals surface area contributed by atoms with Gasteiger partial charge in [-0.1, -0.05) is 32.0 Å². The minimum Gasteiger partial charge on any atom is -0.338 e. The fraction of sp³-hybridized carbons (Fsp3) is 0.409. The van der Waals surface area contributed by atoms with Gasteiger partial charge in [-0.25, -0.2) is 12.8 Å². The van der Waals surface area contributed by atoms with Crippen LogP contribution in [0.4, 0.5) is 17.6 Å². The van der Waals surface area contributed by atoms with Crippen LogP contribution >= 0.6 is 0 Å². The third kappa shape index (κ3) is 4.80. The summed E-state index contributed by atoms with van der Waals surface area (Å²) in [6.07, 6.45) is -4.39. The van der Waals surface area contributed by atoms with Gasteiger partial charge in [0, 0.05) is 26.1 Å². The third-order valence-corrected chi connectivity index (χ3v) is 7.35. The first-order valence-corrected chi connectivity index (χ1v) is 11.5. The van der Waals surface area contributed by atoms with Crippen LogP contribution in [0.25, 0.3) is 0 Å². The minimum atomic E-state index is -4.92. The molecule has 2 aromatic rings. The van der Waals surface area contributed by atoms with E-state index in [1.165, 1.54) is 12.1 Å². The van der Waals surface area contributed by atoms with Crippen LogP contribution in [0.5, 0.6) is 0 Å². The molecule has 1 atom stereocenters. The van der Waals surface area contributed by atoms with E-state index in [1.54, 1.807) is 24.8 Å². The number of benzene rings is 2. The molecule has 0 N–H and O–H groups in total. The number of fused-ring (bicyclic) bond motifs is 1. The SMILES string of the molecule is CC(C)C(=O)N1CCc2ccc(S(=O)(=O)N(C)[C@H](c3ccc(F)cc3)C(F)(F)F)cc2C1. The van der Waals surface area contributed by atoms with Crippen molar-refractivity contribution < 1.29 is 30.8 Å². The fourth-order valence-electron chi connectivity index (χ4n) is 3.80. The molecule has 0 spiro atoms. The zero-order valence-corrected chi connectivity index (χ0v) is 18.7. The summed E-state index contributed by atoms with van der Waals surface area (Å²) in [5.74, 6) is -1.03. The molecule has 0 saturated carbocycles. The largest absolute Gasteiger partial charge is 0.409 e. The molecule has 10 heteroatoms. The maximum atomic E-state index is 13.8. The average Bonchev–Trinajstić information content (AvgIpc) is 2.72. The van der Waals surface area contributed by atoms with Crippen LogP contribution in [0.3, 0.4) is 0 Å². The lowest BCUT2D eigenvalue weighted by Gasteiger charge is -2.32. The van der Waals surface area contributed by atoms with E-state index in [1.807, 2.05) is 0 Å². The van der Waals surface area contributed by atoms with Gasteiger partial charge in [0.25, 0.3) is 0 Å². The fourth-order valence-corrected chi connectivity index (χ4v) is 5.18. The Labute approximate surface area is 184 Å². The summed E-state index contributed by atoms with van der Waals surface area (Å²) in [7, 11) is -3.70. The molecule has 1 aliphatic rings. The van der Waals surface area contributed by atoms with Crippen molar-refractivity contribution in [2.75, 3.05) is 13.6 Å². The number of hydrogen-bond acceptors (Lipinski definition) is 3. The number of amides is 1. The van der Waals surface area contributed by atoms with Gasteiger partial charge in [0.2, 0.25) is 15.9 Å². The van der Waals surface area contributed by atoms with E-state index in [0.717, 1.165) is 36.9 Å². The molecule has 174 valence electrons. The van der Waals surface area contributed by atoms with E-state index < -0.39 is 33.6 Å². The smallest absolute Gasteiger partial charge is 0.338 e. The Kier molecular flexibility index (Phi) is 6.67. The van der Waals surface area contributed by atoms with E-state index in [4.69, 9.17) is 0 Å². The van der Waals surface area contributed by atoms with Crippen LogP contribution in [-0.2, 0) is 27.8 Å². The number of halogens is 4. The monoisotopic (exact) mass is 472 g/mol. The van der Waals surface area contributed by atoms with Gasteiger partial charge < -0.3 is 4.90 Å². The van der Waals surface area contributed by atoms with E-state index in [2.05, 4.69) is 0 Å². The Morgan fingerprint density at radius 1 is 1.06 bits per heavy atom. The highest BCUT2D eigenvalue weighted by atomic mass is 32.2. The van der Waals surface area contributed by atoms with Gasteiger partial charge in [-0.15, -0.1) is 0 Å². The van der Waals surface area contributed by atoms with Crippen molar-refractivity contribution in [1.29, 1.82) is 0 Å². The Hall–Kier alpha value is -2.46. The lowest BCUT2D eigenvalue weighted by molar-refractivity contribution is -0.171. The molecule has 0 bridgehead atoms. The number of nitrogens with zero attached hydrogens (tertiary/aromatic N) is 2. The third-order valence-electron chi connectivity index (χ3n) is 5.53. The van der Waals surface area contributed by atoms with Crippen molar-refractivity contribution in [3.63, 3.8) is 0 Å². The average molecular weight is 473 g/mol. The topological polar surface area (TPSA) is 57.7 Å². The molecule has 0 aliphatic carbocycles. The zero-order chi connectivity index (χ0) is 23.8. The van der Waals surface area contributed by atoms with Crippen LogP contribution in [0.15, 0.2) is 47.4 Å². The van der Waals surface area contributed by atoms with Crippen molar-refractivity contribution in [2.24, 2.45) is 5.92 Å². The van der Waals surface area contributed by atoms with Crippen molar-refractivity contribution in [3.8, 4) is 0 Å². The molecule has 0 radical (unpaired) electrons. The lowest BCUT2D eigenvalue weighted by atomic mass is 9.99. The van der Waals surface area contributed by atoms with E-state index in [9.17, 15) is 30.8 Å². The van der Waals surface area contributed by atoms with Crippen LogP contribution in [0.1, 0.15) is 36.6 Å². The molecule has 2 aromatic carbocycles. The summed E-state index contributed by atoms with van der Waals surface area (Å²) in [6, 6.07) is 5.25. The van der Waals surface area contributed by atoms with E-state index >= 15 is 0 Å². The van der Waals surface area contributed by atoms with Gasteiger partial charge in [0.1, 0.15) is 11.9 Å². The molecular weight excluding hydrogens is 448 g/mol. The van der Waals surface area contributed by atoms with E-state index in [-0.39, 0.29) is 27.6 Å². The van der Waals surface area contributed by atoms with Crippen LogP contribution in [0.2, 0.25) is 0 Å². The van der Waals surface area contributed by atoms with Gasteiger partial charge in [0.15, 0.2) is 0 Å². The Morgan fingerprint density at radius 3 is 2.25 bits per heavy atom.